The summed E-state index contributed by atoms with van der Waals surface area (Å²) in [7, 11) is 0. The summed E-state index contributed by atoms with van der Waals surface area (Å²) >= 11 is 0. The number of aliphatic hydroxyl groups excluding tert-OH is 1. The van der Waals surface area contributed by atoms with Crippen molar-refractivity contribution >= 4 is 5.97 Å². The van der Waals surface area contributed by atoms with Crippen molar-refractivity contribution in [1.82, 2.24) is 5.32 Å². The van der Waals surface area contributed by atoms with Gasteiger partial charge in [-0.25, -0.2) is 0 Å². The van der Waals surface area contributed by atoms with Crippen molar-refractivity contribution in [2.24, 2.45) is 0 Å². The van der Waals surface area contributed by atoms with Crippen LogP contribution in [0, 0.1) is 0 Å². The molecule has 0 rings (SSSR count). The van der Waals surface area contributed by atoms with E-state index in [-0.39, 0.29) is 18.8 Å². The summed E-state index contributed by atoms with van der Waals surface area (Å²) < 4.78 is 5.20. The van der Waals surface area contributed by atoms with Gasteiger partial charge in [0.25, 0.3) is 0 Å². The number of aliphatic hydroxyl groups is 1. The Kier molecular flexibility index (Phi) is 19.8. The number of unbranched alkanes of at least 4 members (excludes halogenated alkanes) is 11. The third kappa shape index (κ3) is 19.5. The van der Waals surface area contributed by atoms with Gasteiger partial charge in [-0.2, -0.15) is 0 Å². The molecule has 0 aromatic rings. The summed E-state index contributed by atoms with van der Waals surface area (Å²) in [6.45, 7) is 4.54. The highest BCUT2D eigenvalue weighted by Gasteiger charge is 2.07. The lowest BCUT2D eigenvalue weighted by Crippen LogP contribution is -2.33. The van der Waals surface area contributed by atoms with Crippen LogP contribution < -0.4 is 5.32 Å². The summed E-state index contributed by atoms with van der Waals surface area (Å²) in [5.41, 5.74) is 0. The minimum Gasteiger partial charge on any atom is -0.447 e. The van der Waals surface area contributed by atoms with Crippen LogP contribution in [0.2, 0.25) is 0 Å². The van der Waals surface area contributed by atoms with Gasteiger partial charge in [0, 0.05) is 13.0 Å². The van der Waals surface area contributed by atoms with Crippen molar-refractivity contribution in [3.8, 4) is 0 Å². The third-order valence-corrected chi connectivity index (χ3v) is 4.49. The number of nitrogens with one attached hydrogen (secondary N) is 1. The first kappa shape index (κ1) is 25.1. The van der Waals surface area contributed by atoms with Gasteiger partial charge in [-0.1, -0.05) is 70.4 Å². The molecule has 0 amide bonds. The van der Waals surface area contributed by atoms with Crippen molar-refractivity contribution in [2.75, 3.05) is 13.2 Å². The summed E-state index contributed by atoms with van der Waals surface area (Å²) in [5.74, 6) is -0.152. The second kappa shape index (κ2) is 20.4. The molecule has 26 heavy (non-hydrogen) atoms. The number of carbonyl (C=O) groups excluding carboxylic acids is 1. The molecule has 0 spiro atoms. The van der Waals surface area contributed by atoms with Crippen molar-refractivity contribution in [3.05, 3.63) is 12.2 Å². The summed E-state index contributed by atoms with van der Waals surface area (Å²) in [6, 6.07) is 0. The number of rotatable bonds is 19. The normalized spacial score (nSPS) is 12.6. The Morgan fingerprint density at radius 3 is 2.04 bits per heavy atom. The standard InChI is InChI=1S/C22H43NO3/c1-3-4-5-6-7-8-9-10-11-12-13-14-15-16-17-18-22(25)26-21(2)23-19-20-24/h10-11,21,23-24H,3-9,12-20H2,1-2H3/b11-10-. The van der Waals surface area contributed by atoms with E-state index in [2.05, 4.69) is 24.4 Å². The zero-order chi connectivity index (χ0) is 19.3. The van der Waals surface area contributed by atoms with Gasteiger partial charge in [-0.05, 0) is 39.0 Å². The fraction of sp³-hybridized carbons (Fsp3) is 0.864. The molecule has 154 valence electrons. The van der Waals surface area contributed by atoms with Gasteiger partial charge >= 0.3 is 5.97 Å². The number of hydrogen-bond donors (Lipinski definition) is 2. The van der Waals surface area contributed by atoms with Crippen molar-refractivity contribution in [2.45, 2.75) is 110 Å². The second-order valence-corrected chi connectivity index (χ2v) is 7.14. The van der Waals surface area contributed by atoms with Crippen LogP contribution in [0.15, 0.2) is 12.2 Å². The lowest BCUT2D eigenvalue weighted by Gasteiger charge is -2.13. The molecule has 1 atom stereocenters. The molecule has 0 aromatic carbocycles. The Morgan fingerprint density at radius 1 is 0.923 bits per heavy atom. The average molecular weight is 370 g/mol. The molecular formula is C22H43NO3. The molecular weight excluding hydrogens is 326 g/mol. The van der Waals surface area contributed by atoms with Crippen LogP contribution >= 0.6 is 0 Å². The molecule has 0 fully saturated rings. The maximum atomic E-state index is 11.6. The van der Waals surface area contributed by atoms with Crippen LogP contribution in [0.5, 0.6) is 0 Å². The number of ether oxygens (including phenoxy) is 1. The van der Waals surface area contributed by atoms with E-state index in [1.54, 1.807) is 6.92 Å². The Hall–Kier alpha value is -0.870. The fourth-order valence-corrected chi connectivity index (χ4v) is 2.91. The van der Waals surface area contributed by atoms with Crippen LogP contribution in [-0.2, 0) is 9.53 Å². The average Bonchev–Trinajstić information content (AvgIpc) is 2.63. The Labute approximate surface area is 161 Å². The SMILES string of the molecule is CCCCCCCC/C=C\CCCCCCCC(=O)OC(C)NCCO. The monoisotopic (exact) mass is 369 g/mol. The van der Waals surface area contributed by atoms with E-state index in [9.17, 15) is 4.79 Å². The van der Waals surface area contributed by atoms with E-state index < -0.39 is 0 Å². The molecule has 2 N–H and O–H groups in total. The lowest BCUT2D eigenvalue weighted by molar-refractivity contribution is -0.149. The topological polar surface area (TPSA) is 58.6 Å². The van der Waals surface area contributed by atoms with Crippen molar-refractivity contribution in [1.29, 1.82) is 0 Å². The molecule has 0 bridgehead atoms. The van der Waals surface area contributed by atoms with Crippen LogP contribution in [0.1, 0.15) is 104 Å². The quantitative estimate of drug-likeness (QED) is 0.137. The Balaban J connectivity index is 3.28. The molecule has 4 nitrogen and oxygen atoms in total. The van der Waals surface area contributed by atoms with Crippen LogP contribution in [0.3, 0.4) is 0 Å². The van der Waals surface area contributed by atoms with Gasteiger partial charge in [0.15, 0.2) is 6.23 Å². The molecule has 0 saturated carbocycles. The van der Waals surface area contributed by atoms with Gasteiger partial charge in [0.1, 0.15) is 0 Å². The van der Waals surface area contributed by atoms with Gasteiger partial charge in [0.2, 0.25) is 0 Å². The van der Waals surface area contributed by atoms with E-state index >= 15 is 0 Å². The van der Waals surface area contributed by atoms with Crippen molar-refractivity contribution in [3.63, 3.8) is 0 Å². The van der Waals surface area contributed by atoms with E-state index in [1.165, 1.54) is 70.6 Å². The van der Waals surface area contributed by atoms with Gasteiger partial charge in [0.05, 0.1) is 6.61 Å². The maximum Gasteiger partial charge on any atom is 0.307 e. The first-order valence-corrected chi connectivity index (χ1v) is 10.9. The molecule has 0 heterocycles. The van der Waals surface area contributed by atoms with Crippen LogP contribution in [-0.4, -0.2) is 30.5 Å². The Morgan fingerprint density at radius 2 is 1.46 bits per heavy atom. The summed E-state index contributed by atoms with van der Waals surface area (Å²) in [5, 5.41) is 11.6. The number of allylic oxidation sites excluding steroid dienone is 2. The molecule has 1 unspecified atom stereocenters. The summed E-state index contributed by atoms with van der Waals surface area (Å²) in [4.78, 5) is 11.6. The lowest BCUT2D eigenvalue weighted by atomic mass is 10.1. The molecule has 0 radical (unpaired) electrons. The van der Waals surface area contributed by atoms with E-state index in [4.69, 9.17) is 9.84 Å². The highest BCUT2D eigenvalue weighted by atomic mass is 16.6. The molecule has 4 heteroatoms. The molecule has 0 saturated heterocycles. The maximum absolute atomic E-state index is 11.6. The minimum atomic E-state index is -0.322. The molecule has 0 aliphatic carbocycles. The van der Waals surface area contributed by atoms with Crippen LogP contribution in [0.4, 0.5) is 0 Å². The van der Waals surface area contributed by atoms with E-state index in [1.807, 2.05) is 0 Å². The second-order valence-electron chi connectivity index (χ2n) is 7.14. The fourth-order valence-electron chi connectivity index (χ4n) is 2.91. The Bertz CT molecular complexity index is 331. The predicted molar refractivity (Wildman–Crippen MR) is 110 cm³/mol. The van der Waals surface area contributed by atoms with Crippen molar-refractivity contribution < 1.29 is 14.6 Å². The number of esters is 1. The van der Waals surface area contributed by atoms with E-state index in [0.29, 0.717) is 13.0 Å². The largest absolute Gasteiger partial charge is 0.447 e. The molecule has 0 aliphatic heterocycles. The highest BCUT2D eigenvalue weighted by molar-refractivity contribution is 5.69. The highest BCUT2D eigenvalue weighted by Crippen LogP contribution is 2.10. The van der Waals surface area contributed by atoms with Gasteiger partial charge < -0.3 is 9.84 Å². The molecule has 0 aliphatic rings. The first-order chi connectivity index (χ1) is 12.7. The predicted octanol–water partition coefficient (Wildman–Crippen LogP) is 5.50. The van der Waals surface area contributed by atoms with E-state index in [0.717, 1.165) is 12.8 Å². The summed E-state index contributed by atoms with van der Waals surface area (Å²) in [6.07, 6.45) is 21.2. The first-order valence-electron chi connectivity index (χ1n) is 10.9. The zero-order valence-corrected chi connectivity index (χ0v) is 17.3. The third-order valence-electron chi connectivity index (χ3n) is 4.49. The van der Waals surface area contributed by atoms with Gasteiger partial charge in [-0.15, -0.1) is 0 Å². The number of hydrogen-bond acceptors (Lipinski definition) is 4. The minimum absolute atomic E-state index is 0.0517. The van der Waals surface area contributed by atoms with Crippen LogP contribution in [0.25, 0.3) is 0 Å². The molecule has 0 aromatic heterocycles. The number of carbonyl (C=O) groups is 1. The smallest absolute Gasteiger partial charge is 0.307 e. The zero-order valence-electron chi connectivity index (χ0n) is 17.3. The van der Waals surface area contributed by atoms with Gasteiger partial charge in [-0.3, -0.25) is 10.1 Å².